The van der Waals surface area contributed by atoms with Crippen LogP contribution >= 0.6 is 11.6 Å². The highest BCUT2D eigenvalue weighted by atomic mass is 35.5. The Morgan fingerprint density at radius 3 is 2.50 bits per heavy atom. The minimum Gasteiger partial charge on any atom is -0.396 e. The normalized spacial score (nSPS) is 11.3. The fourth-order valence-electron chi connectivity index (χ4n) is 1.64. The molecule has 4 nitrogen and oxygen atoms in total. The van der Waals surface area contributed by atoms with Crippen molar-refractivity contribution < 1.29 is 12.8 Å². The van der Waals surface area contributed by atoms with Gasteiger partial charge in [0, 0.05) is 0 Å². The Labute approximate surface area is 121 Å². The van der Waals surface area contributed by atoms with Crippen LogP contribution < -0.4 is 10.5 Å². The van der Waals surface area contributed by atoms with Crippen LogP contribution in [0.4, 0.5) is 15.8 Å². The van der Waals surface area contributed by atoms with E-state index < -0.39 is 15.8 Å². The molecule has 0 unspecified atom stereocenters. The monoisotopic (exact) mass is 314 g/mol. The Morgan fingerprint density at radius 2 is 1.85 bits per heavy atom. The van der Waals surface area contributed by atoms with E-state index in [1.807, 2.05) is 0 Å². The van der Waals surface area contributed by atoms with E-state index in [4.69, 9.17) is 17.3 Å². The maximum absolute atomic E-state index is 13.2. The van der Waals surface area contributed by atoms with E-state index in [1.54, 1.807) is 30.3 Å². The molecule has 0 spiro atoms. The largest absolute Gasteiger partial charge is 0.396 e. The van der Waals surface area contributed by atoms with Gasteiger partial charge in [0.1, 0.15) is 5.82 Å². The van der Waals surface area contributed by atoms with E-state index in [0.29, 0.717) is 5.56 Å². The predicted molar refractivity (Wildman–Crippen MR) is 78.5 cm³/mol. The molecule has 0 fully saturated rings. The quantitative estimate of drug-likeness (QED) is 0.852. The van der Waals surface area contributed by atoms with E-state index in [2.05, 4.69) is 4.72 Å². The van der Waals surface area contributed by atoms with Crippen molar-refractivity contribution in [2.75, 3.05) is 10.5 Å². The molecule has 0 aliphatic heterocycles. The molecule has 0 atom stereocenters. The molecule has 0 aromatic heterocycles. The Balaban J connectivity index is 2.23. The first-order valence-electron chi connectivity index (χ1n) is 5.66. The third-order valence-corrected chi connectivity index (χ3v) is 4.11. The number of benzene rings is 2. The summed E-state index contributed by atoms with van der Waals surface area (Å²) in [4.78, 5) is 0. The molecule has 0 saturated heterocycles. The van der Waals surface area contributed by atoms with Crippen LogP contribution in [0.25, 0.3) is 0 Å². The summed E-state index contributed by atoms with van der Waals surface area (Å²) in [6, 6.07) is 10.8. The Hall–Kier alpha value is -1.79. The smallest absolute Gasteiger partial charge is 0.236 e. The van der Waals surface area contributed by atoms with E-state index in [0.717, 1.165) is 12.1 Å². The number of nitrogens with one attached hydrogen (secondary N) is 1. The highest BCUT2D eigenvalue weighted by molar-refractivity contribution is 7.91. The van der Waals surface area contributed by atoms with Crippen molar-refractivity contribution in [2.45, 2.75) is 5.75 Å². The van der Waals surface area contributed by atoms with Crippen molar-refractivity contribution >= 4 is 33.0 Å². The van der Waals surface area contributed by atoms with Crippen LogP contribution in [0.1, 0.15) is 5.56 Å². The van der Waals surface area contributed by atoms with Crippen LogP contribution in [0.3, 0.4) is 0 Å². The number of hydrogen-bond donors (Lipinski definition) is 2. The average Bonchev–Trinajstić information content (AvgIpc) is 2.36. The highest BCUT2D eigenvalue weighted by Crippen LogP contribution is 2.28. The summed E-state index contributed by atoms with van der Waals surface area (Å²) >= 11 is 5.79. The number of rotatable bonds is 4. The Bertz CT molecular complexity index is 721. The molecule has 20 heavy (non-hydrogen) atoms. The molecule has 0 aliphatic rings. The van der Waals surface area contributed by atoms with Crippen LogP contribution in [-0.4, -0.2) is 8.42 Å². The summed E-state index contributed by atoms with van der Waals surface area (Å²) in [5.41, 5.74) is 5.91. The molecule has 3 N–H and O–H groups in total. The van der Waals surface area contributed by atoms with E-state index in [9.17, 15) is 12.8 Å². The van der Waals surface area contributed by atoms with Crippen LogP contribution in [0.5, 0.6) is 0 Å². The molecule has 0 heterocycles. The van der Waals surface area contributed by atoms with Crippen molar-refractivity contribution in [2.24, 2.45) is 0 Å². The summed E-state index contributed by atoms with van der Waals surface area (Å²) in [6.45, 7) is 0. The second kappa shape index (κ2) is 5.68. The summed E-state index contributed by atoms with van der Waals surface area (Å²) < 4.78 is 39.5. The molecule has 0 amide bonds. The Morgan fingerprint density at radius 1 is 1.20 bits per heavy atom. The SMILES string of the molecule is Nc1cc(NS(=O)(=O)Cc2ccccc2)c(Cl)cc1F. The molecule has 0 aliphatic carbocycles. The van der Waals surface area contributed by atoms with Crippen molar-refractivity contribution in [1.29, 1.82) is 0 Å². The van der Waals surface area contributed by atoms with Gasteiger partial charge < -0.3 is 5.73 Å². The van der Waals surface area contributed by atoms with Crippen LogP contribution in [-0.2, 0) is 15.8 Å². The lowest BCUT2D eigenvalue weighted by Gasteiger charge is -2.10. The van der Waals surface area contributed by atoms with Gasteiger partial charge in [-0.1, -0.05) is 41.9 Å². The lowest BCUT2D eigenvalue weighted by atomic mass is 10.2. The summed E-state index contributed by atoms with van der Waals surface area (Å²) in [7, 11) is -3.65. The lowest BCUT2D eigenvalue weighted by Crippen LogP contribution is -2.15. The zero-order chi connectivity index (χ0) is 14.8. The number of sulfonamides is 1. The van der Waals surface area contributed by atoms with E-state index in [1.165, 1.54) is 0 Å². The lowest BCUT2D eigenvalue weighted by molar-refractivity contribution is 0.600. The summed E-state index contributed by atoms with van der Waals surface area (Å²) in [6.07, 6.45) is 0. The van der Waals surface area contributed by atoms with Gasteiger partial charge in [-0.2, -0.15) is 0 Å². The Kier molecular flexibility index (Phi) is 4.15. The van der Waals surface area contributed by atoms with Gasteiger partial charge in [-0.15, -0.1) is 0 Å². The molecule has 0 bridgehead atoms. The third kappa shape index (κ3) is 3.61. The average molecular weight is 315 g/mol. The van der Waals surface area contributed by atoms with Gasteiger partial charge in [0.15, 0.2) is 0 Å². The fourth-order valence-corrected chi connectivity index (χ4v) is 3.10. The third-order valence-electron chi connectivity index (χ3n) is 2.55. The molecule has 7 heteroatoms. The van der Waals surface area contributed by atoms with E-state index in [-0.39, 0.29) is 22.2 Å². The maximum atomic E-state index is 13.2. The minimum atomic E-state index is -3.65. The number of halogens is 2. The predicted octanol–water partition coefficient (Wildman–Crippen LogP) is 3.00. The molecule has 0 radical (unpaired) electrons. The number of nitrogen functional groups attached to an aromatic ring is 1. The van der Waals surface area contributed by atoms with Gasteiger partial charge in [0.25, 0.3) is 0 Å². The minimum absolute atomic E-state index is 0.0478. The van der Waals surface area contributed by atoms with Crippen molar-refractivity contribution in [1.82, 2.24) is 0 Å². The summed E-state index contributed by atoms with van der Waals surface area (Å²) in [5.74, 6) is -0.900. The van der Waals surface area contributed by atoms with E-state index >= 15 is 0 Å². The second-order valence-electron chi connectivity index (χ2n) is 4.20. The van der Waals surface area contributed by atoms with Crippen molar-refractivity contribution in [3.05, 3.63) is 58.9 Å². The zero-order valence-electron chi connectivity index (χ0n) is 10.3. The van der Waals surface area contributed by atoms with Gasteiger partial charge in [0.2, 0.25) is 10.0 Å². The number of hydrogen-bond acceptors (Lipinski definition) is 3. The number of anilines is 2. The second-order valence-corrected chi connectivity index (χ2v) is 6.33. The molecule has 106 valence electrons. The zero-order valence-corrected chi connectivity index (χ0v) is 11.9. The molecule has 0 saturated carbocycles. The first-order chi connectivity index (χ1) is 9.37. The molecular weight excluding hydrogens is 303 g/mol. The number of nitrogens with two attached hydrogens (primary N) is 1. The van der Waals surface area contributed by atoms with Gasteiger partial charge >= 0.3 is 0 Å². The van der Waals surface area contributed by atoms with Gasteiger partial charge in [-0.05, 0) is 17.7 Å². The van der Waals surface area contributed by atoms with Crippen LogP contribution in [0, 0.1) is 5.82 Å². The maximum Gasteiger partial charge on any atom is 0.236 e. The van der Waals surface area contributed by atoms with Gasteiger partial charge in [-0.3, -0.25) is 4.72 Å². The van der Waals surface area contributed by atoms with Crippen molar-refractivity contribution in [3.8, 4) is 0 Å². The topological polar surface area (TPSA) is 72.2 Å². The van der Waals surface area contributed by atoms with Gasteiger partial charge in [-0.25, -0.2) is 12.8 Å². The van der Waals surface area contributed by atoms with Crippen molar-refractivity contribution in [3.63, 3.8) is 0 Å². The fraction of sp³-hybridized carbons (Fsp3) is 0.0769. The first-order valence-corrected chi connectivity index (χ1v) is 7.69. The summed E-state index contributed by atoms with van der Waals surface area (Å²) in [5, 5.41) is -0.0478. The molecule has 2 aromatic rings. The standard InChI is InChI=1S/C13H12ClFN2O2S/c14-10-6-11(15)12(16)7-13(10)17-20(18,19)8-9-4-2-1-3-5-9/h1-7,17H,8,16H2. The first kappa shape index (κ1) is 14.6. The highest BCUT2D eigenvalue weighted by Gasteiger charge is 2.15. The van der Waals surface area contributed by atoms with Gasteiger partial charge in [0.05, 0.1) is 22.2 Å². The van der Waals surface area contributed by atoms with Crippen LogP contribution in [0.15, 0.2) is 42.5 Å². The molecular formula is C13H12ClFN2O2S. The molecule has 2 aromatic carbocycles. The molecule has 2 rings (SSSR count). The van der Waals surface area contributed by atoms with Crippen LogP contribution in [0.2, 0.25) is 5.02 Å².